The third kappa shape index (κ3) is 3.75. The number of benzene rings is 1. The number of fused-ring (bicyclic) bond motifs is 3. The molecule has 7 heteroatoms. The first-order chi connectivity index (χ1) is 16.6. The maximum absolute atomic E-state index is 14.0. The van der Waals surface area contributed by atoms with E-state index in [0.717, 1.165) is 37.3 Å². The Balaban J connectivity index is 1.21. The lowest BCUT2D eigenvalue weighted by Gasteiger charge is -2.51. The number of hydrogen-bond donors (Lipinski definition) is 2. The van der Waals surface area contributed by atoms with Crippen LogP contribution in [0.25, 0.3) is 0 Å². The minimum atomic E-state index is -0.842. The highest BCUT2D eigenvalue weighted by atomic mass is 19.1. The van der Waals surface area contributed by atoms with E-state index in [-0.39, 0.29) is 18.0 Å². The molecule has 2 N–H and O–H groups in total. The average Bonchev–Trinajstić information content (AvgIpc) is 3.26. The smallest absolute Gasteiger partial charge is 0.134 e. The number of allylic oxidation sites excluding steroid dienone is 3. The Hall–Kier alpha value is -2.95. The molecule has 4 aliphatic heterocycles. The van der Waals surface area contributed by atoms with Gasteiger partial charge in [-0.05, 0) is 54.8 Å². The van der Waals surface area contributed by atoms with Crippen molar-refractivity contribution in [3.05, 3.63) is 64.9 Å². The van der Waals surface area contributed by atoms with Gasteiger partial charge in [-0.25, -0.2) is 4.39 Å². The van der Waals surface area contributed by atoms with Crippen molar-refractivity contribution in [3.8, 4) is 6.07 Å². The fraction of sp³-hybridized carbons (Fsp3) is 0.481. The maximum atomic E-state index is 14.0. The zero-order chi connectivity index (χ0) is 23.2. The molecule has 34 heavy (non-hydrogen) atoms. The first-order valence-corrected chi connectivity index (χ1v) is 12.4. The van der Waals surface area contributed by atoms with Crippen LogP contribution in [0.5, 0.6) is 0 Å². The molecule has 2 fully saturated rings. The molecule has 5 aliphatic rings. The van der Waals surface area contributed by atoms with E-state index in [0.29, 0.717) is 25.2 Å². The minimum absolute atomic E-state index is 0.0969. The largest absolute Gasteiger partial charge is 0.378 e. The molecule has 6 atom stereocenters. The van der Waals surface area contributed by atoms with E-state index in [1.807, 2.05) is 18.4 Å². The number of nitriles is 1. The second-order valence-corrected chi connectivity index (χ2v) is 10.2. The van der Waals surface area contributed by atoms with Gasteiger partial charge in [-0.1, -0.05) is 12.1 Å². The van der Waals surface area contributed by atoms with Crippen LogP contribution in [0.2, 0.25) is 0 Å². The van der Waals surface area contributed by atoms with Gasteiger partial charge >= 0.3 is 0 Å². The molecule has 1 aromatic rings. The van der Waals surface area contributed by atoms with Crippen molar-refractivity contribution in [1.82, 2.24) is 15.1 Å². The van der Waals surface area contributed by atoms with Crippen LogP contribution in [0.1, 0.15) is 18.1 Å². The summed E-state index contributed by atoms with van der Waals surface area (Å²) in [5.41, 5.74) is 5.78. The zero-order valence-electron chi connectivity index (χ0n) is 19.5. The number of dihydropyridines is 1. The predicted molar refractivity (Wildman–Crippen MR) is 132 cm³/mol. The molecular formula is C27H31FN6. The summed E-state index contributed by atoms with van der Waals surface area (Å²) in [5, 5.41) is 16.0. The van der Waals surface area contributed by atoms with Crippen LogP contribution in [-0.2, 0) is 13.0 Å². The molecule has 176 valence electrons. The number of halogens is 1. The molecule has 0 saturated carbocycles. The SMILES string of the molecule is CC1CN(C2=CC=C(C#N)C3N=CC=CC23)CC2Cc3ccc(NC4CNCC4F)cc3CN12. The van der Waals surface area contributed by atoms with Crippen LogP contribution in [-0.4, -0.2) is 72.5 Å². The van der Waals surface area contributed by atoms with Gasteiger partial charge in [0.1, 0.15) is 6.17 Å². The molecule has 0 radical (unpaired) electrons. The Morgan fingerprint density at radius 2 is 2.12 bits per heavy atom. The summed E-state index contributed by atoms with van der Waals surface area (Å²) in [7, 11) is 0. The van der Waals surface area contributed by atoms with Crippen molar-refractivity contribution in [2.45, 2.75) is 50.2 Å². The van der Waals surface area contributed by atoms with Crippen LogP contribution in [0, 0.1) is 17.2 Å². The van der Waals surface area contributed by atoms with Crippen LogP contribution in [0.15, 0.2) is 58.8 Å². The molecule has 2 saturated heterocycles. The van der Waals surface area contributed by atoms with E-state index < -0.39 is 6.17 Å². The fourth-order valence-corrected chi connectivity index (χ4v) is 6.26. The minimum Gasteiger partial charge on any atom is -0.378 e. The highest BCUT2D eigenvalue weighted by Gasteiger charge is 2.40. The number of piperazine rings is 1. The van der Waals surface area contributed by atoms with Crippen molar-refractivity contribution in [3.63, 3.8) is 0 Å². The summed E-state index contributed by atoms with van der Waals surface area (Å²) in [6, 6.07) is 9.50. The number of anilines is 1. The second kappa shape index (κ2) is 8.68. The van der Waals surface area contributed by atoms with Crippen LogP contribution in [0.4, 0.5) is 10.1 Å². The first-order valence-electron chi connectivity index (χ1n) is 12.4. The molecule has 6 unspecified atom stereocenters. The van der Waals surface area contributed by atoms with Crippen molar-refractivity contribution < 1.29 is 4.39 Å². The molecule has 6 nitrogen and oxygen atoms in total. The lowest BCUT2D eigenvalue weighted by Crippen LogP contribution is -2.59. The lowest BCUT2D eigenvalue weighted by atomic mass is 9.83. The predicted octanol–water partition coefficient (Wildman–Crippen LogP) is 2.81. The molecule has 0 amide bonds. The van der Waals surface area contributed by atoms with Gasteiger partial charge < -0.3 is 15.5 Å². The summed E-state index contributed by atoms with van der Waals surface area (Å²) in [5.74, 6) is 0.136. The van der Waals surface area contributed by atoms with Gasteiger partial charge in [0.15, 0.2) is 0 Å². The Morgan fingerprint density at radius 1 is 1.21 bits per heavy atom. The number of rotatable bonds is 3. The first kappa shape index (κ1) is 21.6. The zero-order valence-corrected chi connectivity index (χ0v) is 19.5. The van der Waals surface area contributed by atoms with E-state index in [2.05, 4.69) is 68.8 Å². The molecule has 4 heterocycles. The molecular weight excluding hydrogens is 427 g/mol. The van der Waals surface area contributed by atoms with E-state index in [1.54, 1.807) is 0 Å². The normalized spacial score (nSPS) is 34.4. The van der Waals surface area contributed by atoms with Crippen LogP contribution < -0.4 is 10.6 Å². The average molecular weight is 459 g/mol. The van der Waals surface area contributed by atoms with E-state index in [9.17, 15) is 9.65 Å². The quantitative estimate of drug-likeness (QED) is 0.729. The monoisotopic (exact) mass is 458 g/mol. The fourth-order valence-electron chi connectivity index (χ4n) is 6.26. The summed E-state index contributed by atoms with van der Waals surface area (Å²) < 4.78 is 14.0. The Kier molecular flexibility index (Phi) is 5.51. The summed E-state index contributed by atoms with van der Waals surface area (Å²) in [4.78, 5) is 9.77. The molecule has 0 aromatic heterocycles. The third-order valence-corrected chi connectivity index (χ3v) is 8.04. The van der Waals surface area contributed by atoms with E-state index >= 15 is 0 Å². The Labute approximate surface area is 200 Å². The van der Waals surface area contributed by atoms with Gasteiger partial charge in [-0.15, -0.1) is 0 Å². The van der Waals surface area contributed by atoms with Gasteiger partial charge in [0, 0.05) is 68.3 Å². The number of aliphatic imine (C=N–C) groups is 1. The van der Waals surface area contributed by atoms with Gasteiger partial charge in [-0.3, -0.25) is 9.89 Å². The van der Waals surface area contributed by atoms with Crippen LogP contribution >= 0.6 is 0 Å². The number of hydrogen-bond acceptors (Lipinski definition) is 6. The summed E-state index contributed by atoms with van der Waals surface area (Å²) in [6.45, 7) is 6.28. The van der Waals surface area contributed by atoms with Gasteiger partial charge in [0.2, 0.25) is 0 Å². The molecule has 6 rings (SSSR count). The molecule has 1 aromatic carbocycles. The van der Waals surface area contributed by atoms with Crippen molar-refractivity contribution in [2.75, 3.05) is 31.5 Å². The second-order valence-electron chi connectivity index (χ2n) is 10.2. The molecule has 0 bridgehead atoms. The number of nitrogens with one attached hydrogen (secondary N) is 2. The number of alkyl halides is 1. The van der Waals surface area contributed by atoms with Gasteiger partial charge in [0.05, 0.1) is 23.7 Å². The highest BCUT2D eigenvalue weighted by molar-refractivity contribution is 5.74. The summed E-state index contributed by atoms with van der Waals surface area (Å²) >= 11 is 0. The molecule has 1 aliphatic carbocycles. The Morgan fingerprint density at radius 3 is 2.94 bits per heavy atom. The van der Waals surface area contributed by atoms with Gasteiger partial charge in [-0.2, -0.15) is 5.26 Å². The standard InChI is InChI=1S/C27H31FN6/c1-17-14-33(26-7-5-19(11-29)27-23(26)3-2-8-31-27)16-22-10-18-4-6-21(9-20(18)15-34(17)22)32-25-13-30-12-24(25)28/h2-9,17,22-25,27,30,32H,10,12-16H2,1H3. The van der Waals surface area contributed by atoms with Crippen LogP contribution in [0.3, 0.4) is 0 Å². The topological polar surface area (TPSA) is 66.7 Å². The van der Waals surface area contributed by atoms with E-state index in [4.69, 9.17) is 0 Å². The maximum Gasteiger partial charge on any atom is 0.134 e. The van der Waals surface area contributed by atoms with Crippen molar-refractivity contribution in [1.29, 1.82) is 5.26 Å². The van der Waals surface area contributed by atoms with E-state index in [1.165, 1.54) is 16.8 Å². The molecule has 0 spiro atoms. The Bertz CT molecular complexity index is 1130. The number of nitrogens with zero attached hydrogens (tertiary/aromatic N) is 4. The highest BCUT2D eigenvalue weighted by Crippen LogP contribution is 2.37. The van der Waals surface area contributed by atoms with Crippen molar-refractivity contribution >= 4 is 11.9 Å². The third-order valence-electron chi connectivity index (χ3n) is 8.04. The van der Waals surface area contributed by atoms with Gasteiger partial charge in [0.25, 0.3) is 0 Å². The lowest BCUT2D eigenvalue weighted by molar-refractivity contribution is 0.0289. The van der Waals surface area contributed by atoms with Crippen molar-refractivity contribution in [2.24, 2.45) is 10.9 Å². The summed E-state index contributed by atoms with van der Waals surface area (Å²) in [6.07, 6.45) is 10.3.